The molecular weight excluding hydrogens is 616 g/mol. The number of methoxy groups -OCH3 is 1. The van der Waals surface area contributed by atoms with E-state index in [-0.39, 0.29) is 6.61 Å². The van der Waals surface area contributed by atoms with Crippen LogP contribution in [0, 0.1) is 5.41 Å². The molecule has 10 nitrogen and oxygen atoms in total. The second-order valence-corrected chi connectivity index (χ2v) is 13.1. The minimum Gasteiger partial charge on any atom is -0.463 e. The molecule has 1 heterocycles. The van der Waals surface area contributed by atoms with E-state index in [4.69, 9.17) is 40.0 Å². The molecule has 1 spiro atoms. The molecule has 0 amide bonds. The van der Waals surface area contributed by atoms with Crippen LogP contribution in [0.5, 0.6) is 0 Å². The standard InChI is InChI=1S/C35H41ClO10/c1-20(37)42-19-30-31(43-21(2)38)32(44-22(3)39)33(45-23(4)40)35(41-5,46-30)28-10-11-29(36)27(17-28)16-24-6-8-25(9-7-24)26-12-13-34(18-26)14-15-34/h6-11,17,26,30-33H,12-16,18-19H2,1-5H3/t26?,30-,31-,32+,33-,35?/m1/s1. The second-order valence-electron chi connectivity index (χ2n) is 12.7. The summed E-state index contributed by atoms with van der Waals surface area (Å²) in [5.74, 6) is -4.08. The van der Waals surface area contributed by atoms with Crippen molar-refractivity contribution in [2.45, 2.75) is 102 Å². The lowest BCUT2D eigenvalue weighted by Crippen LogP contribution is -2.67. The van der Waals surface area contributed by atoms with Gasteiger partial charge < -0.3 is 28.4 Å². The fraction of sp³-hybridized carbons (Fsp3) is 0.543. The van der Waals surface area contributed by atoms with E-state index in [9.17, 15) is 19.2 Å². The fourth-order valence-corrected chi connectivity index (χ4v) is 7.14. The normalized spacial score (nSPS) is 27.9. The summed E-state index contributed by atoms with van der Waals surface area (Å²) in [6.07, 6.45) is 1.71. The van der Waals surface area contributed by atoms with Crippen molar-refractivity contribution in [1.29, 1.82) is 0 Å². The van der Waals surface area contributed by atoms with Crippen molar-refractivity contribution in [3.63, 3.8) is 0 Å². The van der Waals surface area contributed by atoms with Crippen molar-refractivity contribution in [1.82, 2.24) is 0 Å². The molecule has 2 aromatic rings. The average molecular weight is 657 g/mol. The summed E-state index contributed by atoms with van der Waals surface area (Å²) in [5.41, 5.74) is 4.15. The summed E-state index contributed by atoms with van der Waals surface area (Å²) in [7, 11) is 1.35. The lowest BCUT2D eigenvalue weighted by molar-refractivity contribution is -0.367. The predicted octanol–water partition coefficient (Wildman–Crippen LogP) is 5.53. The highest BCUT2D eigenvalue weighted by Gasteiger charge is 2.61. The first-order chi connectivity index (χ1) is 21.8. The third-order valence-electron chi connectivity index (χ3n) is 9.29. The van der Waals surface area contributed by atoms with Crippen molar-refractivity contribution in [3.05, 3.63) is 69.7 Å². The summed E-state index contributed by atoms with van der Waals surface area (Å²) < 4.78 is 34.6. The summed E-state index contributed by atoms with van der Waals surface area (Å²) in [6.45, 7) is 4.36. The Morgan fingerprint density at radius 3 is 2.07 bits per heavy atom. The van der Waals surface area contributed by atoms with Crippen LogP contribution >= 0.6 is 11.6 Å². The highest BCUT2D eigenvalue weighted by atomic mass is 35.5. The highest BCUT2D eigenvalue weighted by molar-refractivity contribution is 6.31. The molecule has 2 unspecified atom stereocenters. The van der Waals surface area contributed by atoms with Gasteiger partial charge in [0.15, 0.2) is 12.2 Å². The maximum absolute atomic E-state index is 12.5. The number of carbonyl (C=O) groups excluding carboxylic acids is 4. The van der Waals surface area contributed by atoms with Crippen LogP contribution in [0.4, 0.5) is 0 Å². The van der Waals surface area contributed by atoms with E-state index >= 15 is 0 Å². The third kappa shape index (κ3) is 7.40. The summed E-state index contributed by atoms with van der Waals surface area (Å²) in [5, 5.41) is 0.496. The van der Waals surface area contributed by atoms with Crippen LogP contribution in [-0.4, -0.2) is 62.0 Å². The van der Waals surface area contributed by atoms with Gasteiger partial charge in [0, 0.05) is 45.4 Å². The molecule has 11 heteroatoms. The maximum Gasteiger partial charge on any atom is 0.303 e. The van der Waals surface area contributed by atoms with Crippen LogP contribution in [0.1, 0.15) is 88.0 Å². The Labute approximate surface area is 273 Å². The number of hydrogen-bond acceptors (Lipinski definition) is 10. The van der Waals surface area contributed by atoms with Gasteiger partial charge in [0.1, 0.15) is 12.7 Å². The van der Waals surface area contributed by atoms with E-state index in [1.54, 1.807) is 18.2 Å². The molecule has 248 valence electrons. The van der Waals surface area contributed by atoms with Crippen LogP contribution in [0.25, 0.3) is 0 Å². The zero-order valence-electron chi connectivity index (χ0n) is 26.8. The second kappa shape index (κ2) is 13.7. The van der Waals surface area contributed by atoms with Gasteiger partial charge in [-0.05, 0) is 78.7 Å². The summed E-state index contributed by atoms with van der Waals surface area (Å²) in [6, 6.07) is 13.8. The molecular formula is C35H41ClO10. The number of carbonyl (C=O) groups is 4. The summed E-state index contributed by atoms with van der Waals surface area (Å²) in [4.78, 5) is 48.7. The molecule has 1 aliphatic heterocycles. The molecule has 3 fully saturated rings. The van der Waals surface area contributed by atoms with Crippen molar-refractivity contribution in [2.75, 3.05) is 13.7 Å². The van der Waals surface area contributed by atoms with E-state index in [2.05, 4.69) is 24.3 Å². The van der Waals surface area contributed by atoms with Crippen molar-refractivity contribution < 1.29 is 47.6 Å². The van der Waals surface area contributed by atoms with Crippen molar-refractivity contribution in [2.24, 2.45) is 5.41 Å². The monoisotopic (exact) mass is 656 g/mol. The number of ether oxygens (including phenoxy) is 6. The first kappa shape index (κ1) is 33.9. The molecule has 1 saturated heterocycles. The van der Waals surface area contributed by atoms with Crippen LogP contribution in [0.3, 0.4) is 0 Å². The van der Waals surface area contributed by atoms with E-state index in [0.29, 0.717) is 28.3 Å². The van der Waals surface area contributed by atoms with Gasteiger partial charge in [0.05, 0.1) is 0 Å². The van der Waals surface area contributed by atoms with Crippen LogP contribution in [0.15, 0.2) is 42.5 Å². The Morgan fingerprint density at radius 1 is 0.848 bits per heavy atom. The Hall–Kier alpha value is -3.47. The highest BCUT2D eigenvalue weighted by Crippen LogP contribution is 2.61. The van der Waals surface area contributed by atoms with Gasteiger partial charge in [-0.3, -0.25) is 19.2 Å². The molecule has 2 aromatic carbocycles. The number of rotatable bonds is 10. The third-order valence-corrected chi connectivity index (χ3v) is 9.66. The van der Waals surface area contributed by atoms with Gasteiger partial charge in [-0.25, -0.2) is 0 Å². The van der Waals surface area contributed by atoms with Gasteiger partial charge in [0.2, 0.25) is 11.9 Å². The molecule has 0 radical (unpaired) electrons. The molecule has 6 atom stereocenters. The number of hydrogen-bond donors (Lipinski definition) is 0. The molecule has 3 aliphatic rings. The number of halogens is 1. The lowest BCUT2D eigenvalue weighted by Gasteiger charge is -2.50. The smallest absolute Gasteiger partial charge is 0.303 e. The first-order valence-electron chi connectivity index (χ1n) is 15.6. The Morgan fingerprint density at radius 2 is 1.50 bits per heavy atom. The molecule has 2 saturated carbocycles. The minimum absolute atomic E-state index is 0.377. The molecule has 0 aromatic heterocycles. The van der Waals surface area contributed by atoms with Crippen molar-refractivity contribution >= 4 is 35.5 Å². The van der Waals surface area contributed by atoms with Gasteiger partial charge in [-0.1, -0.05) is 41.9 Å². The average Bonchev–Trinajstić information content (AvgIpc) is 3.63. The Bertz CT molecular complexity index is 1470. The lowest BCUT2D eigenvalue weighted by atomic mass is 9.86. The molecule has 0 bridgehead atoms. The van der Waals surface area contributed by atoms with E-state index < -0.39 is 54.1 Å². The summed E-state index contributed by atoms with van der Waals surface area (Å²) >= 11 is 6.71. The Balaban J connectivity index is 1.50. The van der Waals surface area contributed by atoms with E-state index in [1.807, 2.05) is 0 Å². The van der Waals surface area contributed by atoms with E-state index in [0.717, 1.165) is 11.1 Å². The predicted molar refractivity (Wildman–Crippen MR) is 166 cm³/mol. The molecule has 5 rings (SSSR count). The van der Waals surface area contributed by atoms with Crippen LogP contribution < -0.4 is 0 Å². The first-order valence-corrected chi connectivity index (χ1v) is 16.0. The largest absolute Gasteiger partial charge is 0.463 e. The number of esters is 4. The topological polar surface area (TPSA) is 124 Å². The van der Waals surface area contributed by atoms with E-state index in [1.165, 1.54) is 72.5 Å². The zero-order chi connectivity index (χ0) is 33.2. The van der Waals surface area contributed by atoms with Crippen LogP contribution in [0.2, 0.25) is 5.02 Å². The Kier molecular flexibility index (Phi) is 10.1. The van der Waals surface area contributed by atoms with Gasteiger partial charge in [0.25, 0.3) is 0 Å². The zero-order valence-corrected chi connectivity index (χ0v) is 27.6. The minimum atomic E-state index is -1.89. The van der Waals surface area contributed by atoms with Crippen LogP contribution in [-0.2, 0) is 59.8 Å². The molecule has 2 aliphatic carbocycles. The fourth-order valence-electron chi connectivity index (χ4n) is 6.96. The van der Waals surface area contributed by atoms with Gasteiger partial charge in [-0.15, -0.1) is 0 Å². The molecule has 46 heavy (non-hydrogen) atoms. The molecule has 0 N–H and O–H groups in total. The number of benzene rings is 2. The van der Waals surface area contributed by atoms with Gasteiger partial charge in [-0.2, -0.15) is 0 Å². The maximum atomic E-state index is 12.5. The SMILES string of the molecule is COC1(c2ccc(Cl)c(Cc3ccc(C4CCC5(CC5)C4)cc3)c2)O[C@H](COC(C)=O)[C@@H](OC(C)=O)[C@H](OC(C)=O)[C@H]1OC(C)=O. The van der Waals surface area contributed by atoms with Gasteiger partial charge >= 0.3 is 23.9 Å². The quantitative estimate of drug-likeness (QED) is 0.238. The van der Waals surface area contributed by atoms with Crippen molar-refractivity contribution in [3.8, 4) is 0 Å².